The van der Waals surface area contributed by atoms with E-state index in [0.29, 0.717) is 22.6 Å². The second-order valence-corrected chi connectivity index (χ2v) is 4.63. The number of ether oxygens (including phenoxy) is 3. The number of fused-ring (bicyclic) bond motifs is 2. The topological polar surface area (TPSA) is 78.1 Å². The number of methoxy groups -OCH3 is 3. The smallest absolute Gasteiger partial charge is 0.204 e. The summed E-state index contributed by atoms with van der Waals surface area (Å²) in [5.41, 5.74) is 0.116. The zero-order valence-electron chi connectivity index (χ0n) is 12.3. The molecular formula is C16H14O6. The predicted molar refractivity (Wildman–Crippen MR) is 81.3 cm³/mol. The summed E-state index contributed by atoms with van der Waals surface area (Å²) in [6.45, 7) is 0. The molecule has 0 saturated heterocycles. The van der Waals surface area contributed by atoms with Crippen molar-refractivity contribution < 1.29 is 23.7 Å². The molecule has 1 N–H and O–H groups in total. The fourth-order valence-corrected chi connectivity index (χ4v) is 2.43. The fourth-order valence-electron chi connectivity index (χ4n) is 2.43. The molecule has 6 heteroatoms. The lowest BCUT2D eigenvalue weighted by Crippen LogP contribution is -2.04. The monoisotopic (exact) mass is 302 g/mol. The molecule has 1 aromatic heterocycles. The molecular weight excluding hydrogens is 288 g/mol. The summed E-state index contributed by atoms with van der Waals surface area (Å²) < 4.78 is 21.3. The Morgan fingerprint density at radius 3 is 2.45 bits per heavy atom. The van der Waals surface area contributed by atoms with Gasteiger partial charge in [0.15, 0.2) is 11.3 Å². The Bertz CT molecular complexity index is 925. The molecule has 2 aromatic carbocycles. The van der Waals surface area contributed by atoms with E-state index in [2.05, 4.69) is 0 Å². The van der Waals surface area contributed by atoms with E-state index in [-0.39, 0.29) is 27.7 Å². The van der Waals surface area contributed by atoms with Crippen molar-refractivity contribution in [3.05, 3.63) is 34.5 Å². The molecule has 3 rings (SSSR count). The van der Waals surface area contributed by atoms with Crippen LogP contribution in [-0.4, -0.2) is 26.4 Å². The summed E-state index contributed by atoms with van der Waals surface area (Å²) in [7, 11) is 4.42. The van der Waals surface area contributed by atoms with Gasteiger partial charge in [-0.05, 0) is 12.1 Å². The molecule has 3 aromatic rings. The van der Waals surface area contributed by atoms with Gasteiger partial charge >= 0.3 is 0 Å². The van der Waals surface area contributed by atoms with E-state index in [4.69, 9.17) is 18.6 Å². The summed E-state index contributed by atoms with van der Waals surface area (Å²) in [5.74, 6) is 0.958. The van der Waals surface area contributed by atoms with E-state index in [1.807, 2.05) is 0 Å². The highest BCUT2D eigenvalue weighted by Crippen LogP contribution is 2.37. The molecule has 114 valence electrons. The summed E-state index contributed by atoms with van der Waals surface area (Å²) in [4.78, 5) is 12.6. The maximum atomic E-state index is 12.6. The van der Waals surface area contributed by atoms with Crippen molar-refractivity contribution in [3.63, 3.8) is 0 Å². The van der Waals surface area contributed by atoms with Crippen LogP contribution >= 0.6 is 0 Å². The Balaban J connectivity index is 2.52. The maximum Gasteiger partial charge on any atom is 0.204 e. The van der Waals surface area contributed by atoms with E-state index < -0.39 is 0 Å². The van der Waals surface area contributed by atoms with Gasteiger partial charge in [-0.3, -0.25) is 4.79 Å². The van der Waals surface area contributed by atoms with Crippen LogP contribution in [0.1, 0.15) is 0 Å². The van der Waals surface area contributed by atoms with Crippen molar-refractivity contribution in [2.24, 2.45) is 0 Å². The fraction of sp³-hybridized carbons (Fsp3) is 0.188. The number of phenolic OH excluding ortho intramolecular Hbond substituents is 1. The lowest BCUT2D eigenvalue weighted by Gasteiger charge is -2.11. The Labute approximate surface area is 125 Å². The first-order valence-electron chi connectivity index (χ1n) is 6.49. The number of rotatable bonds is 3. The van der Waals surface area contributed by atoms with Gasteiger partial charge in [0.05, 0.1) is 26.7 Å². The van der Waals surface area contributed by atoms with Crippen LogP contribution in [0.3, 0.4) is 0 Å². The zero-order chi connectivity index (χ0) is 15.9. The van der Waals surface area contributed by atoms with Crippen LogP contribution < -0.4 is 19.6 Å². The third-order valence-electron chi connectivity index (χ3n) is 3.47. The zero-order valence-corrected chi connectivity index (χ0v) is 12.3. The van der Waals surface area contributed by atoms with Crippen LogP contribution in [0.2, 0.25) is 0 Å². The average Bonchev–Trinajstić information content (AvgIpc) is 2.53. The van der Waals surface area contributed by atoms with Crippen molar-refractivity contribution in [1.82, 2.24) is 0 Å². The SMILES string of the molecule is COc1cc(O)c2c(=O)c3ccc(OC)c(OC)c3oc2c1. The van der Waals surface area contributed by atoms with Crippen molar-refractivity contribution in [2.75, 3.05) is 21.3 Å². The molecule has 0 aliphatic heterocycles. The number of phenols is 1. The van der Waals surface area contributed by atoms with Crippen LogP contribution in [0.15, 0.2) is 33.5 Å². The Hall–Kier alpha value is -2.89. The molecule has 22 heavy (non-hydrogen) atoms. The summed E-state index contributed by atoms with van der Waals surface area (Å²) in [5, 5.41) is 10.4. The molecule has 6 nitrogen and oxygen atoms in total. The van der Waals surface area contributed by atoms with E-state index in [9.17, 15) is 9.90 Å². The van der Waals surface area contributed by atoms with Gasteiger partial charge in [0.2, 0.25) is 11.2 Å². The quantitative estimate of drug-likeness (QED) is 0.749. The minimum absolute atomic E-state index is 0.0977. The summed E-state index contributed by atoms with van der Waals surface area (Å²) in [6.07, 6.45) is 0. The largest absolute Gasteiger partial charge is 0.507 e. The highest BCUT2D eigenvalue weighted by atomic mass is 16.5. The van der Waals surface area contributed by atoms with E-state index in [1.165, 1.54) is 33.5 Å². The highest BCUT2D eigenvalue weighted by Gasteiger charge is 2.18. The number of hydrogen-bond acceptors (Lipinski definition) is 6. The van der Waals surface area contributed by atoms with Crippen molar-refractivity contribution in [3.8, 4) is 23.0 Å². The van der Waals surface area contributed by atoms with Gasteiger partial charge < -0.3 is 23.7 Å². The van der Waals surface area contributed by atoms with Crippen LogP contribution in [0.4, 0.5) is 0 Å². The second-order valence-electron chi connectivity index (χ2n) is 4.63. The van der Waals surface area contributed by atoms with Gasteiger partial charge in [0.1, 0.15) is 22.5 Å². The predicted octanol–water partition coefficient (Wildman–Crippen LogP) is 2.68. The third kappa shape index (κ3) is 1.92. The molecule has 0 radical (unpaired) electrons. The average molecular weight is 302 g/mol. The van der Waals surface area contributed by atoms with Crippen LogP contribution in [0.25, 0.3) is 21.9 Å². The summed E-state index contributed by atoms with van der Waals surface area (Å²) in [6, 6.07) is 6.09. The van der Waals surface area contributed by atoms with Crippen molar-refractivity contribution in [1.29, 1.82) is 0 Å². The first-order valence-corrected chi connectivity index (χ1v) is 6.49. The van der Waals surface area contributed by atoms with E-state index >= 15 is 0 Å². The van der Waals surface area contributed by atoms with Crippen molar-refractivity contribution >= 4 is 21.9 Å². The molecule has 0 saturated carbocycles. The molecule has 0 aliphatic rings. The molecule has 0 spiro atoms. The van der Waals surface area contributed by atoms with Gasteiger partial charge in [0, 0.05) is 12.1 Å². The van der Waals surface area contributed by atoms with Gasteiger partial charge in [-0.2, -0.15) is 0 Å². The summed E-state index contributed by atoms with van der Waals surface area (Å²) >= 11 is 0. The minimum atomic E-state index is -0.350. The number of hydrogen-bond donors (Lipinski definition) is 1. The molecule has 0 atom stereocenters. The minimum Gasteiger partial charge on any atom is -0.507 e. The van der Waals surface area contributed by atoms with Gasteiger partial charge in [-0.1, -0.05) is 0 Å². The first kappa shape index (κ1) is 14.1. The second kappa shape index (κ2) is 5.14. The van der Waals surface area contributed by atoms with E-state index in [1.54, 1.807) is 12.1 Å². The Morgan fingerprint density at radius 2 is 1.82 bits per heavy atom. The Morgan fingerprint density at radius 1 is 1.05 bits per heavy atom. The normalized spacial score (nSPS) is 10.9. The molecule has 0 unspecified atom stereocenters. The van der Waals surface area contributed by atoms with Crippen LogP contribution in [-0.2, 0) is 0 Å². The lowest BCUT2D eigenvalue weighted by atomic mass is 10.1. The number of benzene rings is 2. The molecule has 0 bridgehead atoms. The number of aromatic hydroxyl groups is 1. The maximum absolute atomic E-state index is 12.6. The van der Waals surface area contributed by atoms with Gasteiger partial charge in [-0.25, -0.2) is 0 Å². The molecule has 1 heterocycles. The molecule has 0 amide bonds. The first-order chi connectivity index (χ1) is 10.6. The highest BCUT2D eigenvalue weighted by molar-refractivity contribution is 5.96. The third-order valence-corrected chi connectivity index (χ3v) is 3.47. The van der Waals surface area contributed by atoms with Crippen LogP contribution in [0.5, 0.6) is 23.0 Å². The molecule has 0 aliphatic carbocycles. The van der Waals surface area contributed by atoms with Crippen LogP contribution in [0, 0.1) is 0 Å². The standard InChI is InChI=1S/C16H14O6/c1-19-8-6-10(17)13-12(7-8)22-15-9(14(13)18)4-5-11(20-2)16(15)21-3/h4-7,17H,1-3H3. The van der Waals surface area contributed by atoms with Gasteiger partial charge in [0.25, 0.3) is 0 Å². The Kier molecular flexibility index (Phi) is 3.29. The lowest BCUT2D eigenvalue weighted by molar-refractivity contribution is 0.354. The van der Waals surface area contributed by atoms with Crippen molar-refractivity contribution in [2.45, 2.75) is 0 Å². The molecule has 0 fully saturated rings. The van der Waals surface area contributed by atoms with Gasteiger partial charge in [-0.15, -0.1) is 0 Å². The van der Waals surface area contributed by atoms with E-state index in [0.717, 1.165) is 0 Å².